The van der Waals surface area contributed by atoms with E-state index in [1.165, 1.54) is 11.1 Å². The lowest BCUT2D eigenvalue weighted by molar-refractivity contribution is 0.334. The summed E-state index contributed by atoms with van der Waals surface area (Å²) < 4.78 is 55.3. The van der Waals surface area contributed by atoms with Crippen LogP contribution in [0.25, 0.3) is 5.57 Å². The van der Waals surface area contributed by atoms with E-state index < -0.39 is 25.5 Å². The molecule has 0 bridgehead atoms. The Hall–Kier alpha value is -1.26. The van der Waals surface area contributed by atoms with Gasteiger partial charge in [0.05, 0.1) is 5.25 Å². The van der Waals surface area contributed by atoms with Crippen molar-refractivity contribution in [2.45, 2.75) is 65.0 Å². The second kappa shape index (κ2) is 12.3. The van der Waals surface area contributed by atoms with E-state index >= 15 is 0 Å². The van der Waals surface area contributed by atoms with Crippen LogP contribution in [-0.2, 0) is 26.7 Å². The van der Waals surface area contributed by atoms with Crippen molar-refractivity contribution in [2.24, 2.45) is 11.8 Å². The Bertz CT molecular complexity index is 955. The molecule has 0 spiro atoms. The maximum Gasteiger partial charge on any atom is 0.276 e. The van der Waals surface area contributed by atoms with Crippen molar-refractivity contribution in [1.82, 2.24) is 14.2 Å². The molecule has 0 saturated heterocycles. The molecule has 182 valence electrons. The molecular weight excluding hydrogens is 446 g/mol. The average Bonchev–Trinajstić information content (AvgIpc) is 2.76. The van der Waals surface area contributed by atoms with Gasteiger partial charge in [0.1, 0.15) is 0 Å². The van der Waals surface area contributed by atoms with Gasteiger partial charge in [-0.3, -0.25) is 0 Å². The minimum absolute atomic E-state index is 0.291. The molecule has 0 saturated carbocycles. The second-order valence-corrected chi connectivity index (χ2v) is 12.8. The van der Waals surface area contributed by atoms with Crippen molar-refractivity contribution in [2.75, 3.05) is 19.6 Å². The Balaban J connectivity index is 1.83. The maximum atomic E-state index is 12.0. The first-order chi connectivity index (χ1) is 15.0. The van der Waals surface area contributed by atoms with Gasteiger partial charge in [0, 0.05) is 19.6 Å². The summed E-state index contributed by atoms with van der Waals surface area (Å²) in [5.41, 5.74) is 3.62. The minimum atomic E-state index is -3.42. The Kier molecular flexibility index (Phi) is 10.4. The number of allylic oxidation sites excluding steroid dienone is 2. The number of sulfonamides is 1. The van der Waals surface area contributed by atoms with Crippen LogP contribution in [0.3, 0.4) is 0 Å². The Labute approximate surface area is 194 Å². The summed E-state index contributed by atoms with van der Waals surface area (Å²) >= 11 is 0. The lowest BCUT2D eigenvalue weighted by Crippen LogP contribution is -2.37. The predicted molar refractivity (Wildman–Crippen MR) is 132 cm³/mol. The van der Waals surface area contributed by atoms with Crippen molar-refractivity contribution in [3.05, 3.63) is 41.5 Å². The van der Waals surface area contributed by atoms with E-state index in [-0.39, 0.29) is 0 Å². The van der Waals surface area contributed by atoms with E-state index in [1.807, 2.05) is 6.92 Å². The quantitative estimate of drug-likeness (QED) is 0.399. The number of hydrogen-bond acceptors (Lipinski definition) is 4. The molecule has 2 rings (SSSR count). The topological polar surface area (TPSA) is 104 Å². The van der Waals surface area contributed by atoms with E-state index in [0.717, 1.165) is 31.2 Å². The van der Waals surface area contributed by atoms with E-state index in [1.54, 1.807) is 13.8 Å². The van der Waals surface area contributed by atoms with Crippen LogP contribution in [0, 0.1) is 11.8 Å². The summed E-state index contributed by atoms with van der Waals surface area (Å²) in [4.78, 5) is 0. The summed E-state index contributed by atoms with van der Waals surface area (Å²) in [5, 5.41) is -0.409. The van der Waals surface area contributed by atoms with Crippen molar-refractivity contribution < 1.29 is 16.8 Å². The number of benzene rings is 1. The lowest BCUT2D eigenvalue weighted by Gasteiger charge is -2.28. The van der Waals surface area contributed by atoms with Crippen molar-refractivity contribution in [3.8, 4) is 0 Å². The molecule has 0 aromatic heterocycles. The van der Waals surface area contributed by atoms with Crippen LogP contribution in [-0.4, -0.2) is 41.7 Å². The smallest absolute Gasteiger partial charge is 0.215 e. The third-order valence-electron chi connectivity index (χ3n) is 6.06. The van der Waals surface area contributed by atoms with Crippen LogP contribution in [0.1, 0.15) is 64.5 Å². The monoisotopic (exact) mass is 485 g/mol. The molecule has 0 heterocycles. The van der Waals surface area contributed by atoms with Crippen LogP contribution in [0.15, 0.2) is 30.3 Å². The highest BCUT2D eigenvalue weighted by Gasteiger charge is 2.23. The molecule has 9 heteroatoms. The van der Waals surface area contributed by atoms with Gasteiger partial charge in [-0.05, 0) is 74.5 Å². The van der Waals surface area contributed by atoms with Gasteiger partial charge in [-0.2, -0.15) is 8.42 Å². The fraction of sp³-hybridized carbons (Fsp3) is 0.652. The van der Waals surface area contributed by atoms with E-state index in [0.29, 0.717) is 37.9 Å². The maximum absolute atomic E-state index is 12.0. The number of nitrogens with one attached hydrogen (secondary N) is 3. The zero-order valence-corrected chi connectivity index (χ0v) is 21.4. The number of rotatable bonds is 13. The van der Waals surface area contributed by atoms with E-state index in [2.05, 4.69) is 51.4 Å². The third kappa shape index (κ3) is 8.59. The van der Waals surface area contributed by atoms with Gasteiger partial charge >= 0.3 is 0 Å². The average molecular weight is 486 g/mol. The highest BCUT2D eigenvalue weighted by Crippen LogP contribution is 2.34. The largest absolute Gasteiger partial charge is 0.276 e. The van der Waals surface area contributed by atoms with Crippen LogP contribution in [0.4, 0.5) is 0 Å². The molecule has 1 aromatic carbocycles. The van der Waals surface area contributed by atoms with Gasteiger partial charge in [-0.15, -0.1) is 0 Å². The molecule has 2 unspecified atom stereocenters. The second-order valence-electron chi connectivity index (χ2n) is 8.92. The van der Waals surface area contributed by atoms with Crippen LogP contribution in [0.5, 0.6) is 0 Å². The first kappa shape index (κ1) is 27.0. The summed E-state index contributed by atoms with van der Waals surface area (Å²) in [6.45, 7) is 8.71. The minimum Gasteiger partial charge on any atom is -0.215 e. The molecule has 2 atom stereocenters. The SMILES string of the molecule is CCCNS(=O)(=O)NCCc1ccc(C2=CCC(C(C)CNS(=O)(=O)C(C)C)CC2)cc1. The zero-order chi connectivity index (χ0) is 23.8. The van der Waals surface area contributed by atoms with Gasteiger partial charge in [-0.25, -0.2) is 22.6 Å². The molecule has 7 nitrogen and oxygen atoms in total. The molecule has 3 N–H and O–H groups in total. The summed E-state index contributed by atoms with van der Waals surface area (Å²) in [7, 11) is -6.63. The van der Waals surface area contributed by atoms with E-state index in [9.17, 15) is 16.8 Å². The Morgan fingerprint density at radius 2 is 1.62 bits per heavy atom. The Morgan fingerprint density at radius 3 is 2.19 bits per heavy atom. The van der Waals surface area contributed by atoms with Crippen molar-refractivity contribution >= 4 is 25.8 Å². The highest BCUT2D eigenvalue weighted by molar-refractivity contribution is 7.90. The molecule has 0 aliphatic heterocycles. The van der Waals surface area contributed by atoms with Gasteiger partial charge in [0.15, 0.2) is 0 Å². The van der Waals surface area contributed by atoms with Gasteiger partial charge in [-0.1, -0.05) is 44.2 Å². The molecule has 1 aliphatic carbocycles. The van der Waals surface area contributed by atoms with Crippen LogP contribution < -0.4 is 14.2 Å². The van der Waals surface area contributed by atoms with Gasteiger partial charge < -0.3 is 0 Å². The van der Waals surface area contributed by atoms with Gasteiger partial charge in [0.2, 0.25) is 10.0 Å². The fourth-order valence-corrected chi connectivity index (χ4v) is 5.49. The first-order valence-corrected chi connectivity index (χ1v) is 14.6. The molecular formula is C23H39N3O4S2. The standard InChI is InChI=1S/C23H39N3O4S2/c1-5-15-24-32(29,30)25-16-14-20-6-8-22(9-7-20)23-12-10-21(11-13-23)19(4)17-26-31(27,28)18(2)3/h6-9,12,18-19,21,24-26H,5,10-11,13-17H2,1-4H3. The van der Waals surface area contributed by atoms with Gasteiger partial charge in [0.25, 0.3) is 10.2 Å². The first-order valence-electron chi connectivity index (χ1n) is 11.5. The lowest BCUT2D eigenvalue weighted by atomic mass is 9.80. The van der Waals surface area contributed by atoms with Crippen molar-refractivity contribution in [3.63, 3.8) is 0 Å². The molecule has 0 amide bonds. The molecule has 1 aliphatic rings. The van der Waals surface area contributed by atoms with Crippen LogP contribution in [0.2, 0.25) is 0 Å². The fourth-order valence-electron chi connectivity index (χ4n) is 3.72. The highest BCUT2D eigenvalue weighted by atomic mass is 32.2. The van der Waals surface area contributed by atoms with Crippen molar-refractivity contribution in [1.29, 1.82) is 0 Å². The predicted octanol–water partition coefficient (Wildman–Crippen LogP) is 3.21. The Morgan fingerprint density at radius 1 is 0.969 bits per heavy atom. The molecule has 1 aromatic rings. The molecule has 0 radical (unpaired) electrons. The van der Waals surface area contributed by atoms with E-state index in [4.69, 9.17) is 0 Å². The molecule has 0 fully saturated rings. The summed E-state index contributed by atoms with van der Waals surface area (Å²) in [6, 6.07) is 8.32. The summed E-state index contributed by atoms with van der Waals surface area (Å²) in [6.07, 6.45) is 6.66. The molecule has 32 heavy (non-hydrogen) atoms. The normalized spacial score (nSPS) is 18.5. The zero-order valence-electron chi connectivity index (χ0n) is 19.7. The third-order valence-corrected chi connectivity index (χ3v) is 9.03. The van der Waals surface area contributed by atoms with Crippen LogP contribution >= 0.6 is 0 Å². The number of hydrogen-bond donors (Lipinski definition) is 3. The summed E-state index contributed by atoms with van der Waals surface area (Å²) in [5.74, 6) is 0.765.